The van der Waals surface area contributed by atoms with E-state index < -0.39 is 5.97 Å². The number of hydrogen-bond acceptors (Lipinski definition) is 4. The summed E-state index contributed by atoms with van der Waals surface area (Å²) in [6.45, 7) is 3.89. The highest BCUT2D eigenvalue weighted by Gasteiger charge is 2.33. The maximum absolute atomic E-state index is 10.7. The molecule has 2 rings (SSSR count). The predicted octanol–water partition coefficient (Wildman–Crippen LogP) is 2.54. The molecule has 0 bridgehead atoms. The fourth-order valence-electron chi connectivity index (χ4n) is 2.42. The monoisotopic (exact) mass is 346 g/mol. The number of carbonyl (C=O) groups is 1. The van der Waals surface area contributed by atoms with E-state index in [1.165, 1.54) is 4.88 Å². The van der Waals surface area contributed by atoms with Gasteiger partial charge in [0.15, 0.2) is 0 Å². The maximum atomic E-state index is 10.7. The number of carboxylic acid groups (broad SMARTS) is 1. The van der Waals surface area contributed by atoms with Gasteiger partial charge < -0.3 is 10.4 Å². The number of likely N-dealkylation sites (N-methyl/N-ethyl adjacent to an activating group) is 1. The van der Waals surface area contributed by atoms with Crippen molar-refractivity contribution in [3.05, 3.63) is 20.8 Å². The lowest BCUT2D eigenvalue weighted by Gasteiger charge is -2.42. The van der Waals surface area contributed by atoms with Crippen molar-refractivity contribution in [2.75, 3.05) is 13.1 Å². The first kappa shape index (κ1) is 15.0. The van der Waals surface area contributed by atoms with Crippen LogP contribution in [0.2, 0.25) is 0 Å². The van der Waals surface area contributed by atoms with E-state index >= 15 is 0 Å². The van der Waals surface area contributed by atoms with Gasteiger partial charge in [0.05, 0.1) is 6.54 Å². The highest BCUT2D eigenvalue weighted by molar-refractivity contribution is 9.10. The van der Waals surface area contributed by atoms with E-state index in [0.29, 0.717) is 12.1 Å². The minimum Gasteiger partial charge on any atom is -0.480 e. The Bertz CT molecular complexity index is 432. The highest BCUT2D eigenvalue weighted by Crippen LogP contribution is 2.26. The Labute approximate surface area is 125 Å². The van der Waals surface area contributed by atoms with E-state index in [1.54, 1.807) is 11.3 Å². The van der Waals surface area contributed by atoms with Gasteiger partial charge in [0.25, 0.3) is 0 Å². The average molecular weight is 347 g/mol. The van der Waals surface area contributed by atoms with Crippen molar-refractivity contribution in [2.24, 2.45) is 0 Å². The SMILES string of the molecule is CCN(CC(=O)O)C1CC(NCc2cc(Br)cs2)C1. The molecule has 1 aromatic rings. The second-order valence-electron chi connectivity index (χ2n) is 4.89. The second-order valence-corrected chi connectivity index (χ2v) is 6.80. The first-order chi connectivity index (χ1) is 9.08. The van der Waals surface area contributed by atoms with Crippen LogP contribution < -0.4 is 5.32 Å². The van der Waals surface area contributed by atoms with Crippen molar-refractivity contribution in [1.82, 2.24) is 10.2 Å². The normalized spacial score (nSPS) is 22.5. The molecule has 1 saturated carbocycles. The van der Waals surface area contributed by atoms with Crippen molar-refractivity contribution >= 4 is 33.2 Å². The number of thiophene rings is 1. The third-order valence-corrected chi connectivity index (χ3v) is 5.26. The molecule has 0 saturated heterocycles. The van der Waals surface area contributed by atoms with Gasteiger partial charge in [0.2, 0.25) is 0 Å². The van der Waals surface area contributed by atoms with E-state index in [9.17, 15) is 4.79 Å². The molecule has 2 N–H and O–H groups in total. The van der Waals surface area contributed by atoms with Gasteiger partial charge in [0, 0.05) is 33.4 Å². The molecule has 6 heteroatoms. The Hall–Kier alpha value is -0.430. The summed E-state index contributed by atoms with van der Waals surface area (Å²) in [5.41, 5.74) is 0. The van der Waals surface area contributed by atoms with E-state index in [0.717, 1.165) is 30.4 Å². The summed E-state index contributed by atoms with van der Waals surface area (Å²) in [5, 5.41) is 14.5. The lowest BCUT2D eigenvalue weighted by Crippen LogP contribution is -2.53. The molecule has 0 aromatic carbocycles. The van der Waals surface area contributed by atoms with Gasteiger partial charge in [-0.2, -0.15) is 0 Å². The Morgan fingerprint density at radius 2 is 2.37 bits per heavy atom. The van der Waals surface area contributed by atoms with Crippen molar-refractivity contribution in [1.29, 1.82) is 0 Å². The molecule has 1 aliphatic carbocycles. The molecule has 4 nitrogen and oxygen atoms in total. The molecule has 0 atom stereocenters. The van der Waals surface area contributed by atoms with E-state index in [2.05, 4.69) is 32.7 Å². The lowest BCUT2D eigenvalue weighted by molar-refractivity contribution is -0.139. The topological polar surface area (TPSA) is 52.6 Å². The Kier molecular flexibility index (Phi) is 5.38. The van der Waals surface area contributed by atoms with Crippen LogP contribution in [-0.2, 0) is 11.3 Å². The van der Waals surface area contributed by atoms with Crippen LogP contribution in [0.5, 0.6) is 0 Å². The molecule has 0 radical (unpaired) electrons. The van der Waals surface area contributed by atoms with Gasteiger partial charge in [-0.1, -0.05) is 6.92 Å². The number of aliphatic carboxylic acids is 1. The largest absolute Gasteiger partial charge is 0.480 e. The standard InChI is InChI=1S/C13H19BrN2O2S/c1-2-16(7-13(17)18)11-4-10(5-11)15-6-12-3-9(14)8-19-12/h3,8,10-11,15H,2,4-7H2,1H3,(H,17,18). The first-order valence-electron chi connectivity index (χ1n) is 6.50. The van der Waals surface area contributed by atoms with Crippen LogP contribution in [0.1, 0.15) is 24.6 Å². The molecular weight excluding hydrogens is 328 g/mol. The zero-order valence-corrected chi connectivity index (χ0v) is 13.3. The summed E-state index contributed by atoms with van der Waals surface area (Å²) in [5.74, 6) is -0.735. The van der Waals surface area contributed by atoms with Gasteiger partial charge in [0.1, 0.15) is 0 Å². The summed E-state index contributed by atoms with van der Waals surface area (Å²) in [6.07, 6.45) is 2.10. The van der Waals surface area contributed by atoms with E-state index in [-0.39, 0.29) is 6.54 Å². The fraction of sp³-hybridized carbons (Fsp3) is 0.615. The van der Waals surface area contributed by atoms with Crippen LogP contribution in [0.25, 0.3) is 0 Å². The zero-order chi connectivity index (χ0) is 13.8. The van der Waals surface area contributed by atoms with Crippen molar-refractivity contribution in [2.45, 2.75) is 38.4 Å². The highest BCUT2D eigenvalue weighted by atomic mass is 79.9. The molecule has 1 aliphatic rings. The first-order valence-corrected chi connectivity index (χ1v) is 8.18. The third-order valence-electron chi connectivity index (χ3n) is 3.56. The lowest BCUT2D eigenvalue weighted by atomic mass is 9.85. The summed E-state index contributed by atoms with van der Waals surface area (Å²) in [4.78, 5) is 14.1. The van der Waals surface area contributed by atoms with Gasteiger partial charge in [-0.15, -0.1) is 11.3 Å². The summed E-state index contributed by atoms with van der Waals surface area (Å²) < 4.78 is 1.14. The minimum atomic E-state index is -0.735. The van der Waals surface area contributed by atoms with Crippen LogP contribution in [0, 0.1) is 0 Å². The number of halogens is 1. The van der Waals surface area contributed by atoms with Crippen molar-refractivity contribution in [3.63, 3.8) is 0 Å². The molecule has 0 unspecified atom stereocenters. The summed E-state index contributed by atoms with van der Waals surface area (Å²) >= 11 is 5.20. The van der Waals surface area contributed by atoms with Crippen LogP contribution >= 0.6 is 27.3 Å². The van der Waals surface area contributed by atoms with Crippen molar-refractivity contribution in [3.8, 4) is 0 Å². The number of nitrogens with one attached hydrogen (secondary N) is 1. The predicted molar refractivity (Wildman–Crippen MR) is 80.6 cm³/mol. The van der Waals surface area contributed by atoms with E-state index in [1.807, 2.05) is 11.8 Å². The molecule has 1 heterocycles. The molecule has 0 amide bonds. The molecule has 1 fully saturated rings. The molecule has 19 heavy (non-hydrogen) atoms. The Morgan fingerprint density at radius 1 is 1.63 bits per heavy atom. The second kappa shape index (κ2) is 6.83. The molecule has 0 spiro atoms. The number of hydrogen-bond donors (Lipinski definition) is 2. The van der Waals surface area contributed by atoms with Gasteiger partial charge in [-0.05, 0) is 41.4 Å². The molecule has 106 valence electrons. The average Bonchev–Trinajstić information content (AvgIpc) is 2.71. The summed E-state index contributed by atoms with van der Waals surface area (Å²) in [6, 6.07) is 3.08. The van der Waals surface area contributed by atoms with E-state index in [4.69, 9.17) is 5.11 Å². The quantitative estimate of drug-likeness (QED) is 0.796. The molecule has 1 aromatic heterocycles. The molecule has 0 aliphatic heterocycles. The summed E-state index contributed by atoms with van der Waals surface area (Å²) in [7, 11) is 0. The van der Waals surface area contributed by atoms with Crippen LogP contribution in [0.4, 0.5) is 0 Å². The van der Waals surface area contributed by atoms with Gasteiger partial charge in [-0.25, -0.2) is 0 Å². The zero-order valence-electron chi connectivity index (χ0n) is 10.9. The minimum absolute atomic E-state index is 0.158. The Morgan fingerprint density at radius 3 is 2.89 bits per heavy atom. The third kappa shape index (κ3) is 4.27. The van der Waals surface area contributed by atoms with Gasteiger partial charge >= 0.3 is 5.97 Å². The fourth-order valence-corrected chi connectivity index (χ4v) is 3.82. The van der Waals surface area contributed by atoms with Gasteiger partial charge in [-0.3, -0.25) is 9.69 Å². The van der Waals surface area contributed by atoms with Crippen LogP contribution in [0.3, 0.4) is 0 Å². The number of nitrogens with zero attached hydrogens (tertiary/aromatic N) is 1. The smallest absolute Gasteiger partial charge is 0.317 e. The van der Waals surface area contributed by atoms with Crippen molar-refractivity contribution < 1.29 is 9.90 Å². The number of carboxylic acids is 1. The van der Waals surface area contributed by atoms with Crippen LogP contribution in [0.15, 0.2) is 15.9 Å². The maximum Gasteiger partial charge on any atom is 0.317 e. The Balaban J connectivity index is 1.69. The number of rotatable bonds is 7. The van der Waals surface area contributed by atoms with Crippen LogP contribution in [-0.4, -0.2) is 41.1 Å². The molecular formula is C13H19BrN2O2S.